The molecule has 1 N–H and O–H groups in total. The minimum absolute atomic E-state index is 0.895. The molecule has 2 saturated heterocycles. The highest BCUT2D eigenvalue weighted by molar-refractivity contribution is 9.10. The molecular formula is C20H32BrN3O. The number of hydrogen-bond donors (Lipinski definition) is 1. The van der Waals surface area contributed by atoms with E-state index in [9.17, 15) is 0 Å². The second kappa shape index (κ2) is 10.6. The quantitative estimate of drug-likeness (QED) is 0.713. The van der Waals surface area contributed by atoms with Gasteiger partial charge >= 0.3 is 0 Å². The highest BCUT2D eigenvalue weighted by Gasteiger charge is 2.12. The lowest BCUT2D eigenvalue weighted by molar-refractivity contribution is 0.0374. The number of halogens is 1. The molecule has 2 aliphatic rings. The van der Waals surface area contributed by atoms with E-state index in [0.29, 0.717) is 0 Å². The molecule has 2 heterocycles. The Hall–Kier alpha value is -0.460. The normalized spacial score (nSPS) is 20.0. The van der Waals surface area contributed by atoms with Crippen molar-refractivity contribution >= 4 is 15.9 Å². The van der Waals surface area contributed by atoms with Crippen molar-refractivity contribution in [3.05, 3.63) is 33.8 Å². The number of nitrogens with one attached hydrogen (secondary N) is 1. The Labute approximate surface area is 161 Å². The third kappa shape index (κ3) is 6.33. The van der Waals surface area contributed by atoms with Crippen molar-refractivity contribution in [3.63, 3.8) is 0 Å². The third-order valence-electron chi connectivity index (χ3n) is 5.31. The summed E-state index contributed by atoms with van der Waals surface area (Å²) in [6.45, 7) is 11.0. The maximum absolute atomic E-state index is 5.42. The van der Waals surface area contributed by atoms with Gasteiger partial charge in [0.2, 0.25) is 0 Å². The largest absolute Gasteiger partial charge is 0.379 e. The fourth-order valence-electron chi connectivity index (χ4n) is 3.76. The number of ether oxygens (including phenoxy) is 1. The van der Waals surface area contributed by atoms with E-state index < -0.39 is 0 Å². The average Bonchev–Trinajstić information content (AvgIpc) is 2.66. The number of benzene rings is 1. The molecule has 0 atom stereocenters. The Balaban J connectivity index is 1.42. The first kappa shape index (κ1) is 19.3. The summed E-state index contributed by atoms with van der Waals surface area (Å²) in [4.78, 5) is 5.10. The number of piperazine rings is 1. The van der Waals surface area contributed by atoms with Gasteiger partial charge in [0.1, 0.15) is 0 Å². The lowest BCUT2D eigenvalue weighted by atomic mass is 10.0. The van der Waals surface area contributed by atoms with Crippen molar-refractivity contribution in [1.29, 1.82) is 0 Å². The molecule has 0 spiro atoms. The van der Waals surface area contributed by atoms with Gasteiger partial charge < -0.3 is 15.0 Å². The smallest absolute Gasteiger partial charge is 0.0594 e. The molecule has 0 aromatic heterocycles. The van der Waals surface area contributed by atoms with Gasteiger partial charge in [-0.1, -0.05) is 34.1 Å². The summed E-state index contributed by atoms with van der Waals surface area (Å²) in [6.07, 6.45) is 4.80. The molecular weight excluding hydrogens is 378 g/mol. The fraction of sp³-hybridized carbons (Fsp3) is 0.700. The van der Waals surface area contributed by atoms with Crippen LogP contribution < -0.4 is 5.32 Å². The van der Waals surface area contributed by atoms with E-state index in [-0.39, 0.29) is 0 Å². The highest BCUT2D eigenvalue weighted by Crippen LogP contribution is 2.24. The van der Waals surface area contributed by atoms with Gasteiger partial charge in [-0.25, -0.2) is 0 Å². The van der Waals surface area contributed by atoms with Crippen LogP contribution in [0.5, 0.6) is 0 Å². The average molecular weight is 410 g/mol. The van der Waals surface area contributed by atoms with Gasteiger partial charge in [-0.05, 0) is 49.9 Å². The van der Waals surface area contributed by atoms with E-state index in [4.69, 9.17) is 4.74 Å². The van der Waals surface area contributed by atoms with Crippen LogP contribution in [0.1, 0.15) is 24.0 Å². The van der Waals surface area contributed by atoms with Crippen molar-refractivity contribution in [2.45, 2.75) is 25.7 Å². The van der Waals surface area contributed by atoms with Crippen LogP contribution >= 0.6 is 15.9 Å². The van der Waals surface area contributed by atoms with Gasteiger partial charge in [0.25, 0.3) is 0 Å². The van der Waals surface area contributed by atoms with Crippen LogP contribution in [0.4, 0.5) is 0 Å². The molecule has 0 unspecified atom stereocenters. The van der Waals surface area contributed by atoms with Gasteiger partial charge in [0.05, 0.1) is 13.2 Å². The van der Waals surface area contributed by atoms with Crippen molar-refractivity contribution in [2.24, 2.45) is 0 Å². The molecule has 140 valence electrons. The number of aryl methyl sites for hydroxylation is 2. The van der Waals surface area contributed by atoms with Crippen molar-refractivity contribution < 1.29 is 4.74 Å². The predicted octanol–water partition coefficient (Wildman–Crippen LogP) is 2.55. The highest BCUT2D eigenvalue weighted by atomic mass is 79.9. The molecule has 3 rings (SSSR count). The second-order valence-electron chi connectivity index (χ2n) is 7.14. The van der Waals surface area contributed by atoms with E-state index in [1.54, 1.807) is 0 Å². The molecule has 0 radical (unpaired) electrons. The van der Waals surface area contributed by atoms with Gasteiger partial charge in [0, 0.05) is 43.7 Å². The van der Waals surface area contributed by atoms with Gasteiger partial charge in [-0.2, -0.15) is 0 Å². The second-order valence-corrected chi connectivity index (χ2v) is 7.94. The molecule has 2 aliphatic heterocycles. The Bertz CT molecular complexity index is 471. The van der Waals surface area contributed by atoms with Crippen LogP contribution in [0.2, 0.25) is 0 Å². The zero-order chi connectivity index (χ0) is 17.3. The molecule has 25 heavy (non-hydrogen) atoms. The Kier molecular flexibility index (Phi) is 8.21. The summed E-state index contributed by atoms with van der Waals surface area (Å²) in [5, 5.41) is 3.42. The van der Waals surface area contributed by atoms with Gasteiger partial charge in [-0.15, -0.1) is 0 Å². The summed E-state index contributed by atoms with van der Waals surface area (Å²) in [7, 11) is 0. The van der Waals surface area contributed by atoms with Crippen LogP contribution in [-0.2, 0) is 17.6 Å². The van der Waals surface area contributed by atoms with Crippen LogP contribution in [-0.4, -0.2) is 75.4 Å². The van der Waals surface area contributed by atoms with Crippen molar-refractivity contribution in [2.75, 3.05) is 65.6 Å². The third-order valence-corrected chi connectivity index (χ3v) is 6.33. The summed E-state index contributed by atoms with van der Waals surface area (Å²) < 4.78 is 6.77. The standard InChI is InChI=1S/C20H32BrN3O/c21-20-18(6-2-10-23-12-8-22-9-13-23)4-1-5-19(20)7-3-11-24-14-16-25-17-15-24/h1,4-5,22H,2-3,6-17H2. The Morgan fingerprint density at radius 1 is 0.880 bits per heavy atom. The van der Waals surface area contributed by atoms with Gasteiger partial charge in [-0.3, -0.25) is 4.90 Å². The molecule has 2 fully saturated rings. The zero-order valence-corrected chi connectivity index (χ0v) is 16.9. The number of hydrogen-bond acceptors (Lipinski definition) is 4. The number of rotatable bonds is 8. The molecule has 0 saturated carbocycles. The molecule has 1 aromatic rings. The minimum atomic E-state index is 0.895. The first-order valence-electron chi connectivity index (χ1n) is 9.82. The monoisotopic (exact) mass is 409 g/mol. The summed E-state index contributed by atoms with van der Waals surface area (Å²) >= 11 is 3.88. The van der Waals surface area contributed by atoms with Crippen molar-refractivity contribution in [1.82, 2.24) is 15.1 Å². The number of nitrogens with zero attached hydrogens (tertiary/aromatic N) is 2. The van der Waals surface area contributed by atoms with E-state index >= 15 is 0 Å². The Morgan fingerprint density at radius 2 is 1.44 bits per heavy atom. The molecule has 5 heteroatoms. The molecule has 0 amide bonds. The summed E-state index contributed by atoms with van der Waals surface area (Å²) in [5.41, 5.74) is 2.94. The SMILES string of the molecule is Brc1c(CCCN2CCNCC2)cccc1CCCN1CCOCC1. The lowest BCUT2D eigenvalue weighted by Crippen LogP contribution is -2.43. The fourth-order valence-corrected chi connectivity index (χ4v) is 4.43. The van der Waals surface area contributed by atoms with Crippen molar-refractivity contribution in [3.8, 4) is 0 Å². The molecule has 4 nitrogen and oxygen atoms in total. The minimum Gasteiger partial charge on any atom is -0.379 e. The van der Waals surface area contributed by atoms with E-state index in [2.05, 4.69) is 49.2 Å². The van der Waals surface area contributed by atoms with Crippen LogP contribution in [0.25, 0.3) is 0 Å². The maximum Gasteiger partial charge on any atom is 0.0594 e. The van der Waals surface area contributed by atoms with Crippen LogP contribution in [0.15, 0.2) is 22.7 Å². The van der Waals surface area contributed by atoms with Crippen LogP contribution in [0.3, 0.4) is 0 Å². The van der Waals surface area contributed by atoms with E-state index in [0.717, 1.165) is 45.8 Å². The number of morpholine rings is 1. The zero-order valence-electron chi connectivity index (χ0n) is 15.3. The van der Waals surface area contributed by atoms with E-state index in [1.807, 2.05) is 0 Å². The summed E-state index contributed by atoms with van der Waals surface area (Å²) in [6, 6.07) is 6.80. The maximum atomic E-state index is 5.42. The lowest BCUT2D eigenvalue weighted by Gasteiger charge is -2.27. The van der Waals surface area contributed by atoms with Crippen LogP contribution in [0, 0.1) is 0 Å². The topological polar surface area (TPSA) is 27.7 Å². The first-order valence-corrected chi connectivity index (χ1v) is 10.6. The van der Waals surface area contributed by atoms with Gasteiger partial charge in [0.15, 0.2) is 0 Å². The predicted molar refractivity (Wildman–Crippen MR) is 107 cm³/mol. The molecule has 0 bridgehead atoms. The molecule has 1 aromatic carbocycles. The van der Waals surface area contributed by atoms with E-state index in [1.165, 1.54) is 61.0 Å². The Morgan fingerprint density at radius 3 is 2.04 bits per heavy atom. The summed E-state index contributed by atoms with van der Waals surface area (Å²) in [5.74, 6) is 0. The molecule has 0 aliphatic carbocycles. The first-order chi connectivity index (χ1) is 12.3.